The average Bonchev–Trinajstić information content (AvgIpc) is 4.05. The highest BCUT2D eigenvalue weighted by molar-refractivity contribution is 7.00. The normalized spacial score (nSPS) is 20.8. The van der Waals surface area contributed by atoms with E-state index in [1.54, 1.807) is 22.3 Å². The molecule has 4 aromatic carbocycles. The Morgan fingerprint density at radius 3 is 1.68 bits per heavy atom. The second-order valence-corrected chi connectivity index (χ2v) is 26.2. The second kappa shape index (κ2) is 13.9. The van der Waals surface area contributed by atoms with E-state index in [0.717, 1.165) is 70.3 Å². The molecule has 0 amide bonds. The number of hydrogen-bond acceptors (Lipinski definition) is 4. The highest BCUT2D eigenvalue weighted by Gasteiger charge is 2.48. The molecule has 0 radical (unpaired) electrons. The van der Waals surface area contributed by atoms with E-state index >= 15 is 0 Å². The fourth-order valence-electron chi connectivity index (χ4n) is 16.1. The molecule has 2 atom stereocenters. The molecule has 17 rings (SSSR count). The first-order valence-corrected chi connectivity index (χ1v) is 27.6. The summed E-state index contributed by atoms with van der Waals surface area (Å²) in [4.78, 5) is 22.3. The van der Waals surface area contributed by atoms with Crippen LogP contribution in [-0.2, 0) is 19.3 Å². The van der Waals surface area contributed by atoms with Gasteiger partial charge in [0.25, 0.3) is 6.71 Å². The predicted octanol–water partition coefficient (Wildman–Crippen LogP) is 12.8. The van der Waals surface area contributed by atoms with Crippen molar-refractivity contribution in [3.63, 3.8) is 0 Å². The summed E-state index contributed by atoms with van der Waals surface area (Å²) in [5, 5.41) is 0. The molecule has 8 nitrogen and oxygen atoms in total. The van der Waals surface area contributed by atoms with Gasteiger partial charge < -0.3 is 0 Å². The highest BCUT2D eigenvalue weighted by atomic mass is 15.2. The summed E-state index contributed by atoms with van der Waals surface area (Å²) in [7, 11) is 0. The van der Waals surface area contributed by atoms with Crippen LogP contribution in [0, 0.1) is 44.4 Å². The van der Waals surface area contributed by atoms with E-state index in [2.05, 4.69) is 142 Å². The monoisotopic (exact) mass is 945 g/mol. The topological polar surface area (TPSA) is 70.2 Å². The standard InChI is InChI=1S/C63H65BN8/c1-31-33(3)67-58-52(65-31)43(29-62(5,6)7)60-69-47-26-40(36-16-12-11-13-17-36)27-48-51(47)64(45-25-41-24-35-15-14-18-39(23-35)49(41)56(54(45)69)71(58)60)46-28-42-37-19-21-38(22-20-37)50(42)57-55(46)70(48)61-44(30-63(8,9)10)53-59(72(57)61)68-34(4)32(2)66-53/h11-13,16-17,25-28,35,37-39H,14-15,18-24,29-30H2,1-10H3. The number of imidazole rings is 2. The Bertz CT molecular complexity index is 4120. The molecule has 10 aromatic rings. The van der Waals surface area contributed by atoms with Crippen molar-refractivity contribution in [2.24, 2.45) is 16.7 Å². The fraction of sp³-hybridized carbons (Fsp3) is 0.429. The van der Waals surface area contributed by atoms with E-state index in [-0.39, 0.29) is 17.5 Å². The van der Waals surface area contributed by atoms with Crippen LogP contribution in [0.5, 0.6) is 0 Å². The Morgan fingerprint density at radius 2 is 1.10 bits per heavy atom. The lowest BCUT2D eigenvalue weighted by Crippen LogP contribution is -2.60. The minimum atomic E-state index is 0.00631. The van der Waals surface area contributed by atoms with Gasteiger partial charge in [-0.1, -0.05) is 96.8 Å². The number of fused-ring (bicyclic) bond motifs is 21. The molecular formula is C63H65BN8. The van der Waals surface area contributed by atoms with Gasteiger partial charge >= 0.3 is 0 Å². The van der Waals surface area contributed by atoms with Crippen molar-refractivity contribution in [1.82, 2.24) is 37.9 Å². The van der Waals surface area contributed by atoms with Crippen molar-refractivity contribution in [1.29, 1.82) is 0 Å². The van der Waals surface area contributed by atoms with Crippen molar-refractivity contribution >= 4 is 78.8 Å². The molecule has 5 aliphatic carbocycles. The molecule has 4 bridgehead atoms. The zero-order chi connectivity index (χ0) is 48.8. The molecule has 7 aliphatic rings. The number of hydrogen-bond donors (Lipinski definition) is 0. The van der Waals surface area contributed by atoms with Gasteiger partial charge in [0.15, 0.2) is 11.3 Å². The molecule has 360 valence electrons. The number of rotatable bonds is 3. The van der Waals surface area contributed by atoms with E-state index in [9.17, 15) is 0 Å². The lowest BCUT2D eigenvalue weighted by Gasteiger charge is -2.41. The minimum Gasteiger partial charge on any atom is -0.295 e. The molecular weight excluding hydrogens is 880 g/mol. The maximum absolute atomic E-state index is 5.62. The van der Waals surface area contributed by atoms with Crippen LogP contribution in [0.25, 0.3) is 78.2 Å². The van der Waals surface area contributed by atoms with Crippen molar-refractivity contribution in [2.75, 3.05) is 0 Å². The molecule has 0 spiro atoms. The van der Waals surface area contributed by atoms with Gasteiger partial charge in [0.05, 0.1) is 44.8 Å². The van der Waals surface area contributed by atoms with Gasteiger partial charge in [0.2, 0.25) is 0 Å². The Balaban J connectivity index is 1.17. The lowest BCUT2D eigenvalue weighted by atomic mass is 9.33. The van der Waals surface area contributed by atoms with Crippen LogP contribution in [0.15, 0.2) is 54.6 Å². The highest BCUT2D eigenvalue weighted by Crippen LogP contribution is 2.55. The van der Waals surface area contributed by atoms with E-state index in [1.165, 1.54) is 135 Å². The van der Waals surface area contributed by atoms with Crippen molar-refractivity contribution in [3.8, 4) is 22.5 Å². The third-order valence-corrected chi connectivity index (χ3v) is 19.0. The van der Waals surface area contributed by atoms with Crippen molar-refractivity contribution in [3.05, 3.63) is 111 Å². The molecule has 8 heterocycles. The van der Waals surface area contributed by atoms with E-state index < -0.39 is 0 Å². The van der Waals surface area contributed by atoms with Gasteiger partial charge in [-0.3, -0.25) is 17.9 Å². The summed E-state index contributed by atoms with van der Waals surface area (Å²) in [6.45, 7) is 23.1. The van der Waals surface area contributed by atoms with Crippen LogP contribution in [0.3, 0.4) is 0 Å². The fourth-order valence-corrected chi connectivity index (χ4v) is 16.1. The maximum atomic E-state index is 5.62. The third kappa shape index (κ3) is 5.40. The van der Waals surface area contributed by atoms with E-state index in [1.807, 2.05) is 0 Å². The molecule has 6 aromatic heterocycles. The largest absolute Gasteiger partial charge is 0.295 e. The van der Waals surface area contributed by atoms with Crippen LogP contribution in [0.4, 0.5) is 0 Å². The Hall–Kier alpha value is -6.22. The lowest BCUT2D eigenvalue weighted by molar-refractivity contribution is 0.300. The van der Waals surface area contributed by atoms with Gasteiger partial charge in [-0.25, -0.2) is 19.9 Å². The third-order valence-electron chi connectivity index (χ3n) is 19.0. The SMILES string of the molecule is Cc1nc2c(CC(C)(C)C)c3n4c5c(cc6c(c5n3c2nc1C)C1CCCC(C6)C1)B1c2c-4cc(-c3ccccc3)cc2-n2c3c1cc1c(c3n3c4nc(C)c(C)nc4c(CC(C)(C)C)c23)C2CCC1CC2. The molecule has 0 saturated heterocycles. The molecule has 2 unspecified atom stereocenters. The molecule has 2 aliphatic heterocycles. The zero-order valence-corrected chi connectivity index (χ0v) is 43.9. The van der Waals surface area contributed by atoms with Crippen LogP contribution in [0.2, 0.25) is 0 Å². The summed E-state index contributed by atoms with van der Waals surface area (Å²) in [5.74, 6) is 2.38. The molecule has 9 heteroatoms. The quantitative estimate of drug-likeness (QED) is 0.166. The molecule has 2 saturated carbocycles. The summed E-state index contributed by atoms with van der Waals surface area (Å²) in [6, 6.07) is 21.9. The van der Waals surface area contributed by atoms with Crippen LogP contribution < -0.4 is 16.4 Å². The first kappa shape index (κ1) is 42.3. The summed E-state index contributed by atoms with van der Waals surface area (Å²) in [5.41, 5.74) is 34.9. The predicted molar refractivity (Wildman–Crippen MR) is 296 cm³/mol. The minimum absolute atomic E-state index is 0.00631. The van der Waals surface area contributed by atoms with Crippen LogP contribution in [0.1, 0.15) is 167 Å². The summed E-state index contributed by atoms with van der Waals surface area (Å²) >= 11 is 0. The summed E-state index contributed by atoms with van der Waals surface area (Å²) in [6.07, 6.45) is 13.2. The molecule has 72 heavy (non-hydrogen) atoms. The van der Waals surface area contributed by atoms with Crippen LogP contribution >= 0.6 is 0 Å². The van der Waals surface area contributed by atoms with Gasteiger partial charge in [-0.2, -0.15) is 0 Å². The number of nitrogens with zero attached hydrogens (tertiary/aromatic N) is 8. The molecule has 2 fully saturated rings. The Morgan fingerprint density at radius 1 is 0.556 bits per heavy atom. The van der Waals surface area contributed by atoms with E-state index in [0.29, 0.717) is 17.8 Å². The Kier molecular flexibility index (Phi) is 8.16. The van der Waals surface area contributed by atoms with Gasteiger partial charge in [-0.05, 0) is 182 Å². The second-order valence-electron chi connectivity index (χ2n) is 26.2. The number of benzene rings is 4. The average molecular weight is 945 g/mol. The maximum Gasteiger partial charge on any atom is 0.252 e. The molecule has 0 N–H and O–H groups in total. The van der Waals surface area contributed by atoms with Gasteiger partial charge in [-0.15, -0.1) is 0 Å². The van der Waals surface area contributed by atoms with Crippen LogP contribution in [-0.4, -0.2) is 44.6 Å². The van der Waals surface area contributed by atoms with Gasteiger partial charge in [0, 0.05) is 22.5 Å². The first-order chi connectivity index (χ1) is 34.6. The van der Waals surface area contributed by atoms with E-state index in [4.69, 9.17) is 19.9 Å². The van der Waals surface area contributed by atoms with Crippen molar-refractivity contribution in [2.45, 2.75) is 158 Å². The smallest absolute Gasteiger partial charge is 0.252 e. The first-order valence-electron chi connectivity index (χ1n) is 27.6. The summed E-state index contributed by atoms with van der Waals surface area (Å²) < 4.78 is 10.9. The Labute approximate surface area is 422 Å². The van der Waals surface area contributed by atoms with Gasteiger partial charge in [0.1, 0.15) is 22.3 Å². The zero-order valence-electron chi connectivity index (χ0n) is 43.9. The number of aromatic nitrogens is 8. The number of aryl methyl sites for hydroxylation is 4. The van der Waals surface area contributed by atoms with Crippen molar-refractivity contribution < 1.29 is 0 Å².